The monoisotopic (exact) mass is 229 g/mol. The highest BCUT2D eigenvalue weighted by atomic mass is 16.3. The summed E-state index contributed by atoms with van der Waals surface area (Å²) in [5, 5.41) is 4.40. The molecule has 2 aromatic rings. The molecule has 0 saturated carbocycles. The van der Waals surface area contributed by atoms with Crippen molar-refractivity contribution in [2.75, 3.05) is 13.6 Å². The third-order valence-electron chi connectivity index (χ3n) is 3.03. The van der Waals surface area contributed by atoms with Crippen molar-refractivity contribution in [2.45, 2.75) is 20.3 Å². The summed E-state index contributed by atoms with van der Waals surface area (Å²) in [4.78, 5) is 0. The van der Waals surface area contributed by atoms with Crippen molar-refractivity contribution in [3.05, 3.63) is 41.2 Å². The molecule has 0 radical (unpaired) electrons. The molecule has 1 aromatic carbocycles. The SMILES string of the molecule is CC/C(=C/c1c(C)oc2ccccc12)CNC. The van der Waals surface area contributed by atoms with E-state index in [9.17, 15) is 0 Å². The average Bonchev–Trinajstić information content (AvgIpc) is 2.65. The fourth-order valence-corrected chi connectivity index (χ4v) is 2.08. The van der Waals surface area contributed by atoms with Gasteiger partial charge in [-0.1, -0.05) is 36.8 Å². The average molecular weight is 229 g/mol. The Kier molecular flexibility index (Phi) is 3.64. The van der Waals surface area contributed by atoms with Gasteiger partial charge in [-0.25, -0.2) is 0 Å². The maximum absolute atomic E-state index is 5.76. The van der Waals surface area contributed by atoms with Gasteiger partial charge in [0.15, 0.2) is 0 Å². The van der Waals surface area contributed by atoms with Crippen LogP contribution in [0.25, 0.3) is 17.0 Å². The van der Waals surface area contributed by atoms with Gasteiger partial charge in [-0.05, 0) is 26.5 Å². The lowest BCUT2D eigenvalue weighted by atomic mass is 10.1. The lowest BCUT2D eigenvalue weighted by Crippen LogP contribution is -2.09. The van der Waals surface area contributed by atoms with E-state index in [2.05, 4.69) is 30.4 Å². The van der Waals surface area contributed by atoms with E-state index in [4.69, 9.17) is 4.42 Å². The molecule has 0 aliphatic carbocycles. The van der Waals surface area contributed by atoms with Gasteiger partial charge in [0.05, 0.1) is 0 Å². The van der Waals surface area contributed by atoms with Gasteiger partial charge in [0.1, 0.15) is 11.3 Å². The number of nitrogens with one attached hydrogen (secondary N) is 1. The second-order valence-corrected chi connectivity index (χ2v) is 4.25. The number of benzene rings is 1. The van der Waals surface area contributed by atoms with Crippen LogP contribution in [0.3, 0.4) is 0 Å². The Bertz CT molecular complexity index is 537. The molecule has 0 aliphatic rings. The molecule has 90 valence electrons. The largest absolute Gasteiger partial charge is 0.461 e. The van der Waals surface area contributed by atoms with Gasteiger partial charge in [0.2, 0.25) is 0 Å². The van der Waals surface area contributed by atoms with E-state index < -0.39 is 0 Å². The summed E-state index contributed by atoms with van der Waals surface area (Å²) < 4.78 is 5.76. The fraction of sp³-hybridized carbons (Fsp3) is 0.333. The van der Waals surface area contributed by atoms with Gasteiger partial charge >= 0.3 is 0 Å². The number of rotatable bonds is 4. The number of likely N-dealkylation sites (N-methyl/N-ethyl adjacent to an activating group) is 1. The van der Waals surface area contributed by atoms with Gasteiger partial charge in [0.25, 0.3) is 0 Å². The summed E-state index contributed by atoms with van der Waals surface area (Å²) in [7, 11) is 1.98. The first-order valence-corrected chi connectivity index (χ1v) is 6.08. The normalized spacial score (nSPS) is 12.3. The van der Waals surface area contributed by atoms with Gasteiger partial charge in [-0.15, -0.1) is 0 Å². The molecular formula is C15H19NO. The smallest absolute Gasteiger partial charge is 0.134 e. The van der Waals surface area contributed by atoms with Crippen LogP contribution in [0, 0.1) is 6.92 Å². The molecule has 0 fully saturated rings. The van der Waals surface area contributed by atoms with Crippen LogP contribution in [0.15, 0.2) is 34.3 Å². The minimum Gasteiger partial charge on any atom is -0.461 e. The number of aryl methyl sites for hydroxylation is 1. The molecule has 0 bridgehead atoms. The van der Waals surface area contributed by atoms with Crippen molar-refractivity contribution in [1.29, 1.82) is 0 Å². The van der Waals surface area contributed by atoms with Crippen LogP contribution < -0.4 is 5.32 Å². The first-order chi connectivity index (χ1) is 8.26. The highest BCUT2D eigenvalue weighted by Gasteiger charge is 2.08. The van der Waals surface area contributed by atoms with Crippen molar-refractivity contribution in [1.82, 2.24) is 5.32 Å². The Labute approximate surface area is 102 Å². The third-order valence-corrected chi connectivity index (χ3v) is 3.03. The first kappa shape index (κ1) is 11.9. The van der Waals surface area contributed by atoms with E-state index in [0.29, 0.717) is 0 Å². The first-order valence-electron chi connectivity index (χ1n) is 6.08. The molecule has 2 rings (SSSR count). The van der Waals surface area contributed by atoms with Gasteiger partial charge in [0, 0.05) is 17.5 Å². The minimum atomic E-state index is 0.926. The summed E-state index contributed by atoms with van der Waals surface area (Å²) in [5.41, 5.74) is 3.58. The van der Waals surface area contributed by atoms with E-state index in [-0.39, 0.29) is 0 Å². The Morgan fingerprint density at radius 3 is 2.82 bits per heavy atom. The van der Waals surface area contributed by atoms with Crippen LogP contribution in [0.4, 0.5) is 0 Å². The Morgan fingerprint density at radius 2 is 2.12 bits per heavy atom. The topological polar surface area (TPSA) is 25.2 Å². The van der Waals surface area contributed by atoms with Crippen LogP contribution in [0.1, 0.15) is 24.7 Å². The molecule has 0 unspecified atom stereocenters. The van der Waals surface area contributed by atoms with E-state index in [0.717, 1.165) is 24.3 Å². The molecule has 1 aromatic heterocycles. The molecule has 2 nitrogen and oxygen atoms in total. The zero-order valence-corrected chi connectivity index (χ0v) is 10.7. The highest BCUT2D eigenvalue weighted by molar-refractivity contribution is 5.88. The zero-order valence-electron chi connectivity index (χ0n) is 10.7. The predicted molar refractivity (Wildman–Crippen MR) is 73.1 cm³/mol. The fourth-order valence-electron chi connectivity index (χ4n) is 2.08. The van der Waals surface area contributed by atoms with Crippen molar-refractivity contribution in [2.24, 2.45) is 0 Å². The third kappa shape index (κ3) is 2.42. The van der Waals surface area contributed by atoms with Crippen LogP contribution >= 0.6 is 0 Å². The molecule has 2 heteroatoms. The molecule has 1 N–H and O–H groups in total. The van der Waals surface area contributed by atoms with Crippen molar-refractivity contribution >= 4 is 17.0 Å². The molecule has 0 spiro atoms. The lowest BCUT2D eigenvalue weighted by molar-refractivity contribution is 0.577. The van der Waals surface area contributed by atoms with Gasteiger partial charge in [-0.3, -0.25) is 0 Å². The van der Waals surface area contributed by atoms with Crippen LogP contribution in [-0.4, -0.2) is 13.6 Å². The Balaban J connectivity index is 2.50. The predicted octanol–water partition coefficient (Wildman–Crippen LogP) is 3.75. The summed E-state index contributed by atoms with van der Waals surface area (Å²) in [6, 6.07) is 8.19. The molecule has 0 amide bonds. The number of hydrogen-bond donors (Lipinski definition) is 1. The second kappa shape index (κ2) is 5.19. The van der Waals surface area contributed by atoms with Crippen LogP contribution in [-0.2, 0) is 0 Å². The quantitative estimate of drug-likeness (QED) is 0.863. The summed E-state index contributed by atoms with van der Waals surface area (Å²) in [6.07, 6.45) is 3.30. The molecule has 1 heterocycles. The number of hydrogen-bond acceptors (Lipinski definition) is 2. The van der Waals surface area contributed by atoms with Crippen molar-refractivity contribution < 1.29 is 4.42 Å². The maximum Gasteiger partial charge on any atom is 0.134 e. The van der Waals surface area contributed by atoms with E-state index in [1.165, 1.54) is 16.5 Å². The summed E-state index contributed by atoms with van der Waals surface area (Å²) in [6.45, 7) is 5.13. The molecular weight excluding hydrogens is 210 g/mol. The minimum absolute atomic E-state index is 0.926. The number of furan rings is 1. The van der Waals surface area contributed by atoms with Crippen LogP contribution in [0.5, 0.6) is 0 Å². The van der Waals surface area contributed by atoms with E-state index in [1.54, 1.807) is 0 Å². The summed E-state index contributed by atoms with van der Waals surface area (Å²) in [5.74, 6) is 0.994. The molecule has 0 saturated heterocycles. The number of para-hydroxylation sites is 1. The molecule has 17 heavy (non-hydrogen) atoms. The van der Waals surface area contributed by atoms with E-state index in [1.807, 2.05) is 26.1 Å². The standard InChI is InChI=1S/C15H19NO/c1-4-12(10-16-3)9-14-11(2)17-15-8-6-5-7-13(14)15/h5-9,16H,4,10H2,1-3H3/b12-9-. The molecule has 0 aliphatic heterocycles. The zero-order chi connectivity index (χ0) is 12.3. The second-order valence-electron chi connectivity index (χ2n) is 4.25. The van der Waals surface area contributed by atoms with Crippen molar-refractivity contribution in [3.8, 4) is 0 Å². The molecule has 0 atom stereocenters. The lowest BCUT2D eigenvalue weighted by Gasteiger charge is -2.03. The summed E-state index contributed by atoms with van der Waals surface area (Å²) >= 11 is 0. The Hall–Kier alpha value is -1.54. The number of fused-ring (bicyclic) bond motifs is 1. The van der Waals surface area contributed by atoms with E-state index >= 15 is 0 Å². The maximum atomic E-state index is 5.76. The van der Waals surface area contributed by atoms with Crippen LogP contribution in [0.2, 0.25) is 0 Å². The highest BCUT2D eigenvalue weighted by Crippen LogP contribution is 2.27. The Morgan fingerprint density at radius 1 is 1.35 bits per heavy atom. The van der Waals surface area contributed by atoms with Gasteiger partial charge < -0.3 is 9.73 Å². The van der Waals surface area contributed by atoms with Gasteiger partial charge in [-0.2, -0.15) is 0 Å². The van der Waals surface area contributed by atoms with Crippen molar-refractivity contribution in [3.63, 3.8) is 0 Å².